The van der Waals surface area contributed by atoms with Crippen LogP contribution in [-0.4, -0.2) is 56.3 Å². The van der Waals surface area contributed by atoms with Crippen LogP contribution in [0.1, 0.15) is 28.6 Å². The molecule has 0 spiro atoms. The number of halogens is 1. The number of hydrogen-bond donors (Lipinski definition) is 1. The first-order valence-electron chi connectivity index (χ1n) is 13.2. The Balaban J connectivity index is 1.35. The van der Waals surface area contributed by atoms with Gasteiger partial charge < -0.3 is 9.88 Å². The number of H-pyrrole nitrogens is 1. The second-order valence-electron chi connectivity index (χ2n) is 9.99. The minimum atomic E-state index is -0.417. The first-order chi connectivity index (χ1) is 19.1. The molecule has 5 aromatic rings. The number of para-hydroxylation sites is 1. The number of aromatic amines is 1. The van der Waals surface area contributed by atoms with Crippen LogP contribution < -0.4 is 10.5 Å². The van der Waals surface area contributed by atoms with Gasteiger partial charge in [0.25, 0.3) is 5.56 Å². The fourth-order valence-electron chi connectivity index (χ4n) is 5.44. The molecule has 3 aromatic carbocycles. The summed E-state index contributed by atoms with van der Waals surface area (Å²) in [7, 11) is 0. The number of fused-ring (bicyclic) bond motifs is 1. The molecule has 39 heavy (non-hydrogen) atoms. The van der Waals surface area contributed by atoms with Crippen LogP contribution in [0.25, 0.3) is 10.9 Å². The molecule has 1 aliphatic heterocycles. The Morgan fingerprint density at radius 3 is 2.49 bits per heavy atom. The molecule has 0 amide bonds. The van der Waals surface area contributed by atoms with Crippen LogP contribution in [0.15, 0.2) is 83.7 Å². The van der Waals surface area contributed by atoms with Crippen LogP contribution in [0, 0.1) is 12.7 Å². The third-order valence-electron chi connectivity index (χ3n) is 7.54. The molecular weight excluding hydrogens is 493 g/mol. The molecular formula is C30H30FN7O. The maximum atomic E-state index is 13.6. The number of anilines is 1. The third kappa shape index (κ3) is 5.18. The molecule has 8 nitrogen and oxygen atoms in total. The predicted octanol–water partition coefficient (Wildman–Crippen LogP) is 4.12. The van der Waals surface area contributed by atoms with Crippen LogP contribution in [0.3, 0.4) is 0 Å². The number of pyridine rings is 1. The number of benzene rings is 3. The third-order valence-corrected chi connectivity index (χ3v) is 7.54. The molecule has 3 heterocycles. The van der Waals surface area contributed by atoms with Crippen LogP contribution in [-0.2, 0) is 13.0 Å². The lowest BCUT2D eigenvalue weighted by atomic mass is 10.0. The molecule has 1 saturated heterocycles. The SMILES string of the molecule is Cc1cccc2cc([C@H](c3nnnn3CCc3ccccc3)N3CCN(c4ccc(F)cc4)CC3)c(=O)[nH]c12. The van der Waals surface area contributed by atoms with Gasteiger partial charge >= 0.3 is 0 Å². The molecule has 1 N–H and O–H groups in total. The number of aromatic nitrogens is 5. The highest BCUT2D eigenvalue weighted by Crippen LogP contribution is 2.29. The van der Waals surface area contributed by atoms with E-state index in [1.807, 2.05) is 66.2 Å². The molecule has 198 valence electrons. The van der Waals surface area contributed by atoms with Crippen LogP contribution in [0.4, 0.5) is 10.1 Å². The lowest BCUT2D eigenvalue weighted by Gasteiger charge is -2.39. The zero-order chi connectivity index (χ0) is 26.8. The molecule has 1 atom stereocenters. The van der Waals surface area contributed by atoms with E-state index < -0.39 is 6.04 Å². The van der Waals surface area contributed by atoms with Crippen molar-refractivity contribution < 1.29 is 4.39 Å². The van der Waals surface area contributed by atoms with E-state index >= 15 is 0 Å². The van der Waals surface area contributed by atoms with Gasteiger partial charge in [-0.05, 0) is 70.6 Å². The van der Waals surface area contributed by atoms with Gasteiger partial charge in [0.1, 0.15) is 11.9 Å². The first-order valence-corrected chi connectivity index (χ1v) is 13.2. The zero-order valence-electron chi connectivity index (χ0n) is 21.8. The van der Waals surface area contributed by atoms with Crippen LogP contribution in [0.2, 0.25) is 0 Å². The van der Waals surface area contributed by atoms with Gasteiger partial charge in [-0.1, -0.05) is 48.5 Å². The van der Waals surface area contributed by atoms with Crippen molar-refractivity contribution in [1.29, 1.82) is 0 Å². The highest BCUT2D eigenvalue weighted by Gasteiger charge is 2.32. The van der Waals surface area contributed by atoms with Crippen LogP contribution in [0.5, 0.6) is 0 Å². The number of tetrazole rings is 1. The Bertz CT molecular complexity index is 1620. The van der Waals surface area contributed by atoms with Gasteiger partial charge in [-0.25, -0.2) is 9.07 Å². The Labute approximate surface area is 225 Å². The summed E-state index contributed by atoms with van der Waals surface area (Å²) in [6.45, 7) is 5.45. The highest BCUT2D eigenvalue weighted by atomic mass is 19.1. The van der Waals surface area contributed by atoms with Crippen molar-refractivity contribution in [2.75, 3.05) is 31.1 Å². The molecule has 2 aromatic heterocycles. The summed E-state index contributed by atoms with van der Waals surface area (Å²) in [5.74, 6) is 0.407. The van der Waals surface area contributed by atoms with Crippen LogP contribution >= 0.6 is 0 Å². The fraction of sp³-hybridized carbons (Fsp3) is 0.267. The van der Waals surface area contributed by atoms with Gasteiger partial charge in [-0.3, -0.25) is 9.69 Å². The van der Waals surface area contributed by atoms with E-state index in [1.54, 1.807) is 0 Å². The first kappa shape index (κ1) is 24.9. The number of rotatable bonds is 7. The summed E-state index contributed by atoms with van der Waals surface area (Å²) in [6.07, 6.45) is 0.775. The lowest BCUT2D eigenvalue weighted by molar-refractivity contribution is 0.199. The van der Waals surface area contributed by atoms with Crippen molar-refractivity contribution in [2.45, 2.75) is 25.9 Å². The standard InChI is InChI=1S/C30H30FN7O/c1-21-6-5-9-23-20-26(30(39)32-27(21)23)28(29-33-34-35-38(29)15-14-22-7-3-2-4-8-22)37-18-16-36(17-19-37)25-12-10-24(31)11-13-25/h2-13,20,28H,14-19H2,1H3,(H,32,39)/t28-/m1/s1. The molecule has 0 radical (unpaired) electrons. The van der Waals surface area contributed by atoms with E-state index in [0.717, 1.165) is 41.7 Å². The van der Waals surface area contributed by atoms with E-state index in [0.29, 0.717) is 31.0 Å². The average Bonchev–Trinajstić information content (AvgIpc) is 3.42. The van der Waals surface area contributed by atoms with E-state index in [-0.39, 0.29) is 11.4 Å². The fourth-order valence-corrected chi connectivity index (χ4v) is 5.44. The molecule has 0 bridgehead atoms. The van der Waals surface area contributed by atoms with Gasteiger partial charge in [-0.15, -0.1) is 5.10 Å². The Morgan fingerprint density at radius 2 is 1.72 bits per heavy atom. The number of hydrogen-bond acceptors (Lipinski definition) is 6. The van der Waals surface area contributed by atoms with E-state index in [1.165, 1.54) is 17.7 Å². The topological polar surface area (TPSA) is 82.9 Å². The van der Waals surface area contributed by atoms with Crippen molar-refractivity contribution in [3.05, 3.63) is 118 Å². The smallest absolute Gasteiger partial charge is 0.253 e. The monoisotopic (exact) mass is 523 g/mol. The predicted molar refractivity (Wildman–Crippen MR) is 149 cm³/mol. The Kier molecular flexibility index (Phi) is 6.89. The van der Waals surface area contributed by atoms with Gasteiger partial charge in [0, 0.05) is 44.0 Å². The average molecular weight is 524 g/mol. The summed E-state index contributed by atoms with van der Waals surface area (Å²) in [5.41, 5.74) is 4.53. The van der Waals surface area contributed by atoms with Gasteiger partial charge in [-0.2, -0.15) is 0 Å². The summed E-state index contributed by atoms with van der Waals surface area (Å²) >= 11 is 0. The maximum Gasteiger partial charge on any atom is 0.253 e. The summed E-state index contributed by atoms with van der Waals surface area (Å²) in [4.78, 5) is 21.2. The largest absolute Gasteiger partial charge is 0.369 e. The van der Waals surface area contributed by atoms with E-state index in [4.69, 9.17) is 0 Å². The minimum absolute atomic E-state index is 0.139. The molecule has 6 rings (SSSR count). The van der Waals surface area contributed by atoms with Gasteiger partial charge in [0.05, 0.1) is 5.52 Å². The molecule has 9 heteroatoms. The van der Waals surface area contributed by atoms with Crippen molar-refractivity contribution in [2.24, 2.45) is 0 Å². The summed E-state index contributed by atoms with van der Waals surface area (Å²) in [6, 6.07) is 24.4. The molecule has 1 fully saturated rings. The van der Waals surface area contributed by atoms with Gasteiger partial charge in [0.15, 0.2) is 5.82 Å². The molecule has 0 saturated carbocycles. The normalized spacial score (nSPS) is 15.1. The zero-order valence-corrected chi connectivity index (χ0v) is 21.8. The minimum Gasteiger partial charge on any atom is -0.369 e. The summed E-state index contributed by atoms with van der Waals surface area (Å²) < 4.78 is 15.3. The number of nitrogens with one attached hydrogen (secondary N) is 1. The quantitative estimate of drug-likeness (QED) is 0.346. The van der Waals surface area contributed by atoms with Gasteiger partial charge in [0.2, 0.25) is 0 Å². The molecule has 0 unspecified atom stereocenters. The van der Waals surface area contributed by atoms with Crippen molar-refractivity contribution in [3.63, 3.8) is 0 Å². The Hall–Kier alpha value is -4.37. The number of piperazine rings is 1. The second-order valence-corrected chi connectivity index (χ2v) is 9.99. The Morgan fingerprint density at radius 1 is 0.949 bits per heavy atom. The maximum absolute atomic E-state index is 13.6. The summed E-state index contributed by atoms with van der Waals surface area (Å²) in [5, 5.41) is 13.8. The van der Waals surface area contributed by atoms with Crippen molar-refractivity contribution in [3.8, 4) is 0 Å². The van der Waals surface area contributed by atoms with Crippen molar-refractivity contribution >= 4 is 16.6 Å². The second kappa shape index (κ2) is 10.8. The van der Waals surface area contributed by atoms with E-state index in [2.05, 4.69) is 42.4 Å². The number of nitrogens with zero attached hydrogens (tertiary/aromatic N) is 6. The number of aryl methyl sites for hydroxylation is 3. The van der Waals surface area contributed by atoms with Crippen molar-refractivity contribution in [1.82, 2.24) is 30.1 Å². The molecule has 1 aliphatic rings. The molecule has 0 aliphatic carbocycles. The highest BCUT2D eigenvalue weighted by molar-refractivity contribution is 5.82. The lowest BCUT2D eigenvalue weighted by Crippen LogP contribution is -2.49. The van der Waals surface area contributed by atoms with E-state index in [9.17, 15) is 9.18 Å².